The number of allylic oxidation sites excluding steroid dienone is 1. The van der Waals surface area contributed by atoms with Crippen molar-refractivity contribution in [2.75, 3.05) is 13.1 Å². The lowest BCUT2D eigenvalue weighted by molar-refractivity contribution is -0.118. The minimum absolute atomic E-state index is 0. The van der Waals surface area contributed by atoms with Gasteiger partial charge < -0.3 is 5.32 Å². The summed E-state index contributed by atoms with van der Waals surface area (Å²) in [6.07, 6.45) is 17.4. The third-order valence-electron chi connectivity index (χ3n) is 7.85. The summed E-state index contributed by atoms with van der Waals surface area (Å²) < 4.78 is 0. The Kier molecular flexibility index (Phi) is 6.83. The number of nitrogens with zero attached hydrogens (tertiary/aromatic N) is 1. The fourth-order valence-electron chi connectivity index (χ4n) is 6.05. The van der Waals surface area contributed by atoms with Crippen LogP contribution in [0.1, 0.15) is 96.9 Å². The number of nitrogens with one attached hydrogen (secondary N) is 1. The van der Waals surface area contributed by atoms with Gasteiger partial charge in [0.25, 0.3) is 0 Å². The molecule has 0 spiro atoms. The number of hydrogen-bond donors (Lipinski definition) is 1. The number of benzene rings is 1. The van der Waals surface area contributed by atoms with Gasteiger partial charge in [0.2, 0.25) is 0 Å². The molecule has 2 aromatic rings. The molecular formula is C29H44N2O. The molecular weight excluding hydrogens is 392 g/mol. The smallest absolute Gasteiger partial charge is 0.137 e. The maximum absolute atomic E-state index is 12.6. The Labute approximate surface area is 198 Å². The van der Waals surface area contributed by atoms with Crippen molar-refractivity contribution in [2.45, 2.75) is 76.0 Å². The molecule has 3 nitrogen and oxygen atoms in total. The molecule has 1 aromatic carbocycles. The van der Waals surface area contributed by atoms with Gasteiger partial charge in [0, 0.05) is 30.7 Å². The molecule has 0 bridgehead atoms. The van der Waals surface area contributed by atoms with Crippen LogP contribution in [0, 0.1) is 5.92 Å². The number of carbonyl (C=O) groups excluding carboxylic acids is 1. The van der Waals surface area contributed by atoms with E-state index in [2.05, 4.69) is 47.8 Å². The molecule has 2 heterocycles. The van der Waals surface area contributed by atoms with E-state index in [-0.39, 0.29) is 5.71 Å². The normalized spacial score (nSPS) is 24.9. The number of pyridine rings is 1. The summed E-state index contributed by atoms with van der Waals surface area (Å²) in [5.74, 6) is 2.19. The lowest BCUT2D eigenvalue weighted by atomic mass is 9.75. The van der Waals surface area contributed by atoms with Crippen LogP contribution >= 0.6 is 0 Å². The first-order chi connectivity index (χ1) is 15.8. The van der Waals surface area contributed by atoms with Gasteiger partial charge in [0.15, 0.2) is 0 Å². The van der Waals surface area contributed by atoms with Crippen LogP contribution in [-0.2, 0) is 17.6 Å². The molecule has 32 heavy (non-hydrogen) atoms. The van der Waals surface area contributed by atoms with Crippen LogP contribution in [0.5, 0.6) is 0 Å². The van der Waals surface area contributed by atoms with Gasteiger partial charge in [-0.2, -0.15) is 0 Å². The lowest BCUT2D eigenvalue weighted by Crippen LogP contribution is -2.16. The number of aryl methyl sites for hydroxylation is 1. The Balaban J connectivity index is 0.00000162. The van der Waals surface area contributed by atoms with Crippen LogP contribution < -0.4 is 5.32 Å². The highest BCUT2D eigenvalue weighted by atomic mass is 16.1. The van der Waals surface area contributed by atoms with Crippen molar-refractivity contribution in [2.24, 2.45) is 5.92 Å². The number of carbonyl (C=O) groups is 1. The topological polar surface area (TPSA) is 42.0 Å². The second-order valence-corrected chi connectivity index (χ2v) is 10.1. The average Bonchev–Trinajstić information content (AvgIpc) is 3.36. The Morgan fingerprint density at radius 3 is 3.00 bits per heavy atom. The molecule has 3 unspecified atom stereocenters. The van der Waals surface area contributed by atoms with Crippen molar-refractivity contribution in [3.8, 4) is 0 Å². The van der Waals surface area contributed by atoms with Gasteiger partial charge in [-0.05, 0) is 98.2 Å². The Morgan fingerprint density at radius 2 is 2.09 bits per heavy atom. The quantitative estimate of drug-likeness (QED) is 0.510. The zero-order valence-corrected chi connectivity index (χ0v) is 19.2. The molecule has 1 saturated carbocycles. The number of rotatable bonds is 7. The summed E-state index contributed by atoms with van der Waals surface area (Å²) in [7, 11) is 0. The monoisotopic (exact) mass is 436 g/mol. The van der Waals surface area contributed by atoms with Crippen molar-refractivity contribution in [3.05, 3.63) is 70.6 Å². The maximum atomic E-state index is 12.6. The van der Waals surface area contributed by atoms with Crippen LogP contribution in [0.25, 0.3) is 6.08 Å². The largest absolute Gasteiger partial charge is 0.316 e. The van der Waals surface area contributed by atoms with E-state index in [9.17, 15) is 4.79 Å². The molecule has 0 amide bonds. The number of ketones is 1. The zero-order valence-electron chi connectivity index (χ0n) is 19.2. The van der Waals surface area contributed by atoms with E-state index in [0.29, 0.717) is 30.0 Å². The van der Waals surface area contributed by atoms with E-state index >= 15 is 0 Å². The Morgan fingerprint density at radius 1 is 1.16 bits per heavy atom. The molecule has 1 aromatic heterocycles. The van der Waals surface area contributed by atoms with Crippen molar-refractivity contribution in [1.29, 1.82) is 0 Å². The minimum Gasteiger partial charge on any atom is -0.316 e. The number of aromatic nitrogens is 1. The van der Waals surface area contributed by atoms with Crippen LogP contribution in [-0.4, -0.2) is 23.9 Å². The number of Topliss-reactive ketones (excluding diaryl/α,β-unsaturated/α-hetero) is 1. The number of hydrogen-bond acceptors (Lipinski definition) is 3. The Bertz CT molecular complexity index is 991. The van der Waals surface area contributed by atoms with Gasteiger partial charge in [-0.3, -0.25) is 9.78 Å². The molecule has 1 aliphatic heterocycles. The van der Waals surface area contributed by atoms with Crippen LogP contribution in [0.4, 0.5) is 0 Å². The van der Waals surface area contributed by atoms with Crippen molar-refractivity contribution >= 4 is 11.9 Å². The molecule has 5 rings (SSSR count). The highest BCUT2D eigenvalue weighted by Gasteiger charge is 2.28. The van der Waals surface area contributed by atoms with Crippen molar-refractivity contribution in [1.82, 2.24) is 10.3 Å². The summed E-state index contributed by atoms with van der Waals surface area (Å²) in [5, 5.41) is 3.40. The van der Waals surface area contributed by atoms with Gasteiger partial charge in [0.05, 0.1) is 5.69 Å². The number of fused-ring (bicyclic) bond motifs is 1. The van der Waals surface area contributed by atoms with Crippen LogP contribution in [0.3, 0.4) is 0 Å². The first-order valence-electron chi connectivity index (χ1n) is 12.7. The zero-order chi connectivity index (χ0) is 21.8. The summed E-state index contributed by atoms with van der Waals surface area (Å²) in [6, 6.07) is 11.1. The molecule has 176 valence electrons. The lowest BCUT2D eigenvalue weighted by Gasteiger charge is -2.31. The summed E-state index contributed by atoms with van der Waals surface area (Å²) in [5.41, 5.74) is 6.78. The van der Waals surface area contributed by atoms with Crippen molar-refractivity contribution in [3.63, 3.8) is 0 Å². The second-order valence-electron chi connectivity index (χ2n) is 10.1. The third kappa shape index (κ3) is 5.04. The molecule has 3 aliphatic rings. The van der Waals surface area contributed by atoms with Crippen LogP contribution in [0.2, 0.25) is 0 Å². The standard InChI is InChI=1S/C29H36N2O.4H2/c32-27(12-11-21-13-15-30-20-21)18-22-5-3-7-24(17-22)25-8-4-9-26(19-25)29-28-10-2-1-6-23(28)14-16-31-29;;;;/h2-3,5,7,10,14,16-17,21,25-26,30H,1,4,6,8-9,11-13,15,18-20H2;4*1H. The third-order valence-corrected chi connectivity index (χ3v) is 7.85. The minimum atomic E-state index is 0. The first kappa shape index (κ1) is 21.6. The summed E-state index contributed by atoms with van der Waals surface area (Å²) in [4.78, 5) is 17.4. The van der Waals surface area contributed by atoms with Gasteiger partial charge in [0.1, 0.15) is 5.78 Å². The average molecular weight is 437 g/mol. The van der Waals surface area contributed by atoms with Gasteiger partial charge in [-0.15, -0.1) is 0 Å². The molecule has 1 saturated heterocycles. The maximum Gasteiger partial charge on any atom is 0.137 e. The molecule has 3 heteroatoms. The molecule has 0 radical (unpaired) electrons. The van der Waals surface area contributed by atoms with E-state index in [4.69, 9.17) is 4.98 Å². The van der Waals surface area contributed by atoms with E-state index in [1.165, 1.54) is 60.1 Å². The fourth-order valence-corrected chi connectivity index (χ4v) is 6.05. The highest BCUT2D eigenvalue weighted by Crippen LogP contribution is 2.42. The van der Waals surface area contributed by atoms with E-state index in [1.54, 1.807) is 0 Å². The molecule has 1 N–H and O–H groups in total. The van der Waals surface area contributed by atoms with Crippen LogP contribution in [0.15, 0.2) is 42.6 Å². The van der Waals surface area contributed by atoms with Gasteiger partial charge in [-0.25, -0.2) is 0 Å². The fraction of sp³-hybridized carbons (Fsp3) is 0.517. The van der Waals surface area contributed by atoms with Gasteiger partial charge in [-0.1, -0.05) is 42.8 Å². The second kappa shape index (κ2) is 10.1. The predicted octanol–water partition coefficient (Wildman–Crippen LogP) is 6.97. The van der Waals surface area contributed by atoms with Crippen molar-refractivity contribution < 1.29 is 10.5 Å². The molecule has 3 atom stereocenters. The van der Waals surface area contributed by atoms with E-state index in [1.807, 2.05) is 6.20 Å². The summed E-state index contributed by atoms with van der Waals surface area (Å²) >= 11 is 0. The predicted molar refractivity (Wildman–Crippen MR) is 139 cm³/mol. The summed E-state index contributed by atoms with van der Waals surface area (Å²) in [6.45, 7) is 2.20. The van der Waals surface area contributed by atoms with E-state index < -0.39 is 0 Å². The first-order valence-corrected chi connectivity index (χ1v) is 12.7. The Hall–Kier alpha value is -2.26. The highest BCUT2D eigenvalue weighted by molar-refractivity contribution is 5.80. The van der Waals surface area contributed by atoms with E-state index in [0.717, 1.165) is 38.8 Å². The molecule has 2 aliphatic carbocycles. The SMILES string of the molecule is O=C(CCC1CCNC1)Cc1cccc(C2CCCC(c3nccc4c3C=CCC4)C2)c1.[HH].[HH].[HH].[HH]. The molecule has 2 fully saturated rings. The van der Waals surface area contributed by atoms with Gasteiger partial charge >= 0.3 is 0 Å².